The van der Waals surface area contributed by atoms with Crippen LogP contribution >= 0.6 is 0 Å². The average Bonchev–Trinajstić information content (AvgIpc) is 1.55. The normalized spacial score (nSPS) is 51.6. The number of carboxylic acids is 1. The number of carboxylic acid groups (broad SMARTS) is 1. The van der Waals surface area contributed by atoms with E-state index in [1.54, 1.807) is 26.8 Å². The van der Waals surface area contributed by atoms with Crippen LogP contribution in [0.1, 0.15) is 141 Å². The van der Waals surface area contributed by atoms with Crippen molar-refractivity contribution in [3.63, 3.8) is 0 Å². The highest BCUT2D eigenvalue weighted by Crippen LogP contribution is 2.82. The summed E-state index contributed by atoms with van der Waals surface area (Å²) in [5, 5.41) is 145. The van der Waals surface area contributed by atoms with Crippen LogP contribution in [0.25, 0.3) is 0 Å². The van der Waals surface area contributed by atoms with Crippen molar-refractivity contribution in [3.05, 3.63) is 11.6 Å². The molecular weight excluding hydrogens is 1230 g/mol. The minimum Gasteiger partial charge on any atom is -0.479 e. The molecule has 0 unspecified atom stereocenters. The maximum atomic E-state index is 14.1. The Labute approximate surface area is 539 Å². The molecule has 93 heavy (non-hydrogen) atoms. The van der Waals surface area contributed by atoms with Crippen LogP contribution in [0.2, 0.25) is 0 Å². The highest BCUT2D eigenvalue weighted by molar-refractivity contribution is 5.88. The van der Waals surface area contributed by atoms with Crippen LogP contribution in [0.5, 0.6) is 0 Å². The second-order valence-corrected chi connectivity index (χ2v) is 30.0. The highest BCUT2D eigenvalue weighted by Gasteiger charge is 2.86. The van der Waals surface area contributed by atoms with Gasteiger partial charge in [-0.15, -0.1) is 0 Å². The molecular formula is C64H100O29. The van der Waals surface area contributed by atoms with E-state index in [2.05, 4.69) is 20.8 Å². The zero-order valence-corrected chi connectivity index (χ0v) is 54.9. The molecule has 10 fully saturated rings. The van der Waals surface area contributed by atoms with Gasteiger partial charge in [0.25, 0.3) is 0 Å². The van der Waals surface area contributed by atoms with Crippen molar-refractivity contribution in [2.75, 3.05) is 13.2 Å². The molecule has 0 aromatic heterocycles. The van der Waals surface area contributed by atoms with Gasteiger partial charge in [0, 0.05) is 35.7 Å². The second-order valence-electron chi connectivity index (χ2n) is 30.0. The Balaban J connectivity index is 0.997. The van der Waals surface area contributed by atoms with Gasteiger partial charge < -0.3 is 123 Å². The van der Waals surface area contributed by atoms with Gasteiger partial charge in [-0.05, 0) is 100 Å². The standard InChI is InChI=1S/C64H100O29/c1-13-25(3)52(80)92-50-49(83-27(5)67)58(6,7)21-32-63-20-16-31-60(10)18-17-33(59(8,9)30(60)15-19-61(31,11)62(63,12)22-34(86-35(68)14-2)64(32,50)57(81)93-63)87-56-48(91-54-43(76)40(73)37(70)28(23-65)84-54)45(44(77)46(89-56)51(78)79)88-55-47(41(74)38(71)29(24-66)85-55)90-53-42(75)39(72)36(69)26(4)82-53/h13,26,28-34,36-50,53-57,65-66,69-77,81H,14-24H2,1-12H3,(H,78,79)/b25-13-/t26-,28+,29+,30-,31+,32-,33-,34+,36-,37-,38-,39+,40-,41-,42+,43+,44-,45-,46-,47+,48+,49-,50-,53-,54-,55-,56+,57-,60-,61+,62-,63-,64+/m0/s1. The summed E-state index contributed by atoms with van der Waals surface area (Å²) in [5.74, 6) is -4.52. The van der Waals surface area contributed by atoms with Gasteiger partial charge >= 0.3 is 23.9 Å². The summed E-state index contributed by atoms with van der Waals surface area (Å²) < 4.78 is 75.8. The molecule has 5 saturated carbocycles. The van der Waals surface area contributed by atoms with Crippen LogP contribution in [-0.4, -0.2) is 263 Å². The molecule has 1 spiro atoms. The van der Waals surface area contributed by atoms with E-state index in [9.17, 15) is 85.6 Å². The number of aliphatic hydroxyl groups excluding tert-OH is 12. The monoisotopic (exact) mass is 1330 g/mol. The maximum absolute atomic E-state index is 14.1. The Morgan fingerprint density at radius 3 is 1.73 bits per heavy atom. The first kappa shape index (κ1) is 72.5. The highest BCUT2D eigenvalue weighted by atomic mass is 16.8. The second kappa shape index (κ2) is 26.1. The van der Waals surface area contributed by atoms with Gasteiger partial charge in [0.15, 0.2) is 43.7 Å². The first-order valence-corrected chi connectivity index (χ1v) is 32.8. The number of fused-ring (bicyclic) bond motifs is 4. The maximum Gasteiger partial charge on any atom is 0.335 e. The third kappa shape index (κ3) is 11.4. The number of carbonyl (C=O) groups is 4. The fourth-order valence-electron chi connectivity index (χ4n) is 19.4. The van der Waals surface area contributed by atoms with Crippen molar-refractivity contribution in [2.24, 2.45) is 50.2 Å². The predicted molar refractivity (Wildman–Crippen MR) is 312 cm³/mol. The number of allylic oxidation sites excluding steroid dienone is 1. The van der Waals surface area contributed by atoms with Crippen LogP contribution < -0.4 is 0 Å². The topological polar surface area (TPSA) is 442 Å². The predicted octanol–water partition coefficient (Wildman–Crippen LogP) is -0.922. The molecule has 29 nitrogen and oxygen atoms in total. The Kier molecular flexibility index (Phi) is 20.4. The van der Waals surface area contributed by atoms with Crippen LogP contribution in [0.15, 0.2) is 11.6 Å². The van der Waals surface area contributed by atoms with Gasteiger partial charge in [-0.25, -0.2) is 9.59 Å². The third-order valence-corrected chi connectivity index (χ3v) is 24.6. The molecule has 5 saturated heterocycles. The zero-order chi connectivity index (χ0) is 68.5. The summed E-state index contributed by atoms with van der Waals surface area (Å²) in [5.41, 5.74) is -6.21. The Morgan fingerprint density at radius 2 is 1.13 bits per heavy atom. The lowest BCUT2D eigenvalue weighted by Gasteiger charge is -2.75. The molecule has 0 radical (unpaired) electrons. The number of esters is 3. The first-order valence-electron chi connectivity index (χ1n) is 32.8. The van der Waals surface area contributed by atoms with E-state index in [1.165, 1.54) is 13.8 Å². The van der Waals surface area contributed by atoms with E-state index in [1.807, 2.05) is 27.7 Å². The average molecular weight is 1330 g/mol. The third-order valence-electron chi connectivity index (χ3n) is 24.6. The van der Waals surface area contributed by atoms with Crippen LogP contribution in [0.4, 0.5) is 0 Å². The molecule has 0 aromatic rings. The molecule has 5 heterocycles. The molecule has 5 aliphatic carbocycles. The fraction of sp³-hybridized carbons (Fsp3) is 0.906. The smallest absolute Gasteiger partial charge is 0.335 e. The van der Waals surface area contributed by atoms with E-state index in [0.717, 1.165) is 0 Å². The number of rotatable bonds is 16. The molecule has 0 amide bonds. The number of aliphatic carboxylic acids is 1. The van der Waals surface area contributed by atoms with Crippen LogP contribution in [0, 0.1) is 50.2 Å². The van der Waals surface area contributed by atoms with E-state index in [4.69, 9.17) is 56.8 Å². The summed E-state index contributed by atoms with van der Waals surface area (Å²) in [6, 6.07) is 0. The quantitative estimate of drug-likeness (QED) is 0.0385. The van der Waals surface area contributed by atoms with Crippen molar-refractivity contribution < 1.29 is 142 Å². The van der Waals surface area contributed by atoms with Crippen LogP contribution in [-0.2, 0) is 76.0 Å². The van der Waals surface area contributed by atoms with E-state index in [-0.39, 0.29) is 36.7 Å². The van der Waals surface area contributed by atoms with Gasteiger partial charge in [0.1, 0.15) is 103 Å². The van der Waals surface area contributed by atoms with E-state index >= 15 is 0 Å². The van der Waals surface area contributed by atoms with Crippen molar-refractivity contribution >= 4 is 23.9 Å². The molecule has 29 heteroatoms. The molecule has 530 valence electrons. The number of hydrogen-bond donors (Lipinski definition) is 13. The van der Waals surface area contributed by atoms with Gasteiger partial charge in [-0.3, -0.25) is 9.59 Å². The van der Waals surface area contributed by atoms with Gasteiger partial charge in [0.05, 0.1) is 31.0 Å². The van der Waals surface area contributed by atoms with Crippen LogP contribution in [0.3, 0.4) is 0 Å². The van der Waals surface area contributed by atoms with E-state index in [0.29, 0.717) is 38.5 Å². The largest absolute Gasteiger partial charge is 0.479 e. The van der Waals surface area contributed by atoms with Gasteiger partial charge in [-0.1, -0.05) is 61.5 Å². The minimum atomic E-state index is -2.31. The molecule has 33 atom stereocenters. The summed E-state index contributed by atoms with van der Waals surface area (Å²) in [6.07, 6.45) is -39.5. The van der Waals surface area contributed by atoms with Crippen molar-refractivity contribution in [1.29, 1.82) is 0 Å². The van der Waals surface area contributed by atoms with Gasteiger partial charge in [-0.2, -0.15) is 0 Å². The Hall–Kier alpha value is -3.22. The molecule has 13 N–H and O–H groups in total. The molecule has 10 aliphatic rings. The summed E-state index contributed by atoms with van der Waals surface area (Å²) >= 11 is 0. The molecule has 2 bridgehead atoms. The van der Waals surface area contributed by atoms with Crippen molar-refractivity contribution in [3.8, 4) is 0 Å². The lowest BCUT2D eigenvalue weighted by atomic mass is 9.30. The molecule has 10 rings (SSSR count). The molecule has 0 aromatic carbocycles. The summed E-state index contributed by atoms with van der Waals surface area (Å²) in [6.45, 7) is 20.2. The lowest BCUT2D eigenvalue weighted by molar-refractivity contribution is -0.406. The Morgan fingerprint density at radius 1 is 0.559 bits per heavy atom. The van der Waals surface area contributed by atoms with Crippen molar-refractivity contribution in [2.45, 2.75) is 300 Å². The summed E-state index contributed by atoms with van der Waals surface area (Å²) in [7, 11) is 0. The number of hydrogen-bond acceptors (Lipinski definition) is 28. The SMILES string of the molecule is C/C=C(/C)C(=O)O[C@H]1[C@H](OC(C)=O)C(C)(C)C[C@@H]2[C@]13[C@@H](O)O[C@@]21CC[C@@H]2[C@@]4(C)CC[C@H](O[C@@H]5O[C@H](C(=O)O)[C@@H](O)[C@H](O[C@@H]6O[C@H](CO)[C@H](O)[C@H](O)[C@H]6O[C@@H]6O[C@@H](C)[C@H](O)[C@@H](O)[C@H]6O)[C@H]5O[C@@H]5O[C@H](CO)[C@H](O)[C@H](O)[C@H]5O)C(C)(C)[C@@H]4CC[C@@]2(C)[C@]1(C)C[C@H]3OC(=O)CC. The van der Waals surface area contributed by atoms with E-state index < -0.39 is 235 Å². The number of aliphatic hydroxyl groups is 12. The lowest BCUT2D eigenvalue weighted by Crippen LogP contribution is -2.77. The van der Waals surface area contributed by atoms with Gasteiger partial charge in [0.2, 0.25) is 0 Å². The van der Waals surface area contributed by atoms with Crippen molar-refractivity contribution in [1.82, 2.24) is 0 Å². The molecule has 5 aliphatic heterocycles. The number of ether oxygens (including phenoxy) is 12. The zero-order valence-electron chi connectivity index (χ0n) is 54.9. The summed E-state index contributed by atoms with van der Waals surface area (Å²) in [4.78, 5) is 54.4. The Bertz CT molecular complexity index is 2770. The first-order chi connectivity index (χ1) is 43.4. The number of carbonyl (C=O) groups excluding carboxylic acids is 3. The minimum absolute atomic E-state index is 0.0156. The fourth-order valence-corrected chi connectivity index (χ4v) is 19.4.